The van der Waals surface area contributed by atoms with Crippen LogP contribution >= 0.6 is 27.5 Å². The first kappa shape index (κ1) is 19.3. The van der Waals surface area contributed by atoms with E-state index in [1.807, 2.05) is 13.0 Å². The minimum Gasteiger partial charge on any atom is -0.464 e. The van der Waals surface area contributed by atoms with E-state index < -0.39 is 30.0 Å². The Morgan fingerprint density at radius 1 is 1.58 bits per heavy atom. The lowest BCUT2D eigenvalue weighted by atomic mass is 10.0. The van der Waals surface area contributed by atoms with Gasteiger partial charge < -0.3 is 10.1 Å². The Morgan fingerprint density at radius 3 is 2.92 bits per heavy atom. The van der Waals surface area contributed by atoms with Crippen LogP contribution in [0.25, 0.3) is 10.9 Å². The Bertz CT molecular complexity index is 873. The molecular formula is C17H18BrClFN3O3. The lowest BCUT2D eigenvalue weighted by molar-refractivity contribution is -0.151. The minimum absolute atomic E-state index is 0.0286. The number of esters is 1. The van der Waals surface area contributed by atoms with Gasteiger partial charge >= 0.3 is 5.97 Å². The number of rotatable bonds is 5. The molecule has 3 rings (SSSR count). The van der Waals surface area contributed by atoms with E-state index in [9.17, 15) is 14.0 Å². The fourth-order valence-corrected chi connectivity index (χ4v) is 3.82. The van der Waals surface area contributed by atoms with Crippen molar-refractivity contribution in [3.05, 3.63) is 27.3 Å². The second-order valence-electron chi connectivity index (χ2n) is 6.21. The molecule has 1 fully saturated rings. The zero-order chi connectivity index (χ0) is 19.0. The summed E-state index contributed by atoms with van der Waals surface area (Å²) in [6.07, 6.45) is 0.515. The molecule has 9 heteroatoms. The molecule has 0 amide bonds. The summed E-state index contributed by atoms with van der Waals surface area (Å²) in [7, 11) is 0. The van der Waals surface area contributed by atoms with Crippen molar-refractivity contribution in [3.63, 3.8) is 0 Å². The SMILES string of the molecule is CCOC(=O)C(C(=O)[C@@H]1C[C@@H](F)CN1)n1cc2c(C)cc(Br)c(Cl)c2n1. The molecule has 0 radical (unpaired) electrons. The lowest BCUT2D eigenvalue weighted by Crippen LogP contribution is -2.41. The van der Waals surface area contributed by atoms with Crippen LogP contribution in [-0.2, 0) is 14.3 Å². The van der Waals surface area contributed by atoms with Crippen molar-refractivity contribution in [1.29, 1.82) is 0 Å². The van der Waals surface area contributed by atoms with Gasteiger partial charge in [0, 0.05) is 29.0 Å². The third-order valence-electron chi connectivity index (χ3n) is 4.38. The Balaban J connectivity index is 2.06. The normalized spacial score (nSPS) is 21.1. The molecule has 26 heavy (non-hydrogen) atoms. The second-order valence-corrected chi connectivity index (χ2v) is 7.44. The van der Waals surface area contributed by atoms with Crippen molar-refractivity contribution in [2.24, 2.45) is 0 Å². The number of carbonyl (C=O) groups is 2. The molecule has 0 saturated carbocycles. The highest BCUT2D eigenvalue weighted by Gasteiger charge is 2.39. The van der Waals surface area contributed by atoms with Crippen LogP contribution in [0.5, 0.6) is 0 Å². The van der Waals surface area contributed by atoms with E-state index >= 15 is 0 Å². The topological polar surface area (TPSA) is 73.2 Å². The summed E-state index contributed by atoms with van der Waals surface area (Å²) < 4.78 is 20.5. The number of hydrogen-bond acceptors (Lipinski definition) is 5. The maximum absolute atomic E-state index is 13.5. The minimum atomic E-state index is -1.29. The molecule has 1 unspecified atom stereocenters. The average Bonchev–Trinajstić information content (AvgIpc) is 3.20. The van der Waals surface area contributed by atoms with Gasteiger partial charge in [0.25, 0.3) is 0 Å². The molecule has 0 aliphatic carbocycles. The summed E-state index contributed by atoms with van der Waals surface area (Å²) in [6, 6.07) is -0.209. The van der Waals surface area contributed by atoms with Crippen LogP contribution in [0.1, 0.15) is 24.9 Å². The van der Waals surface area contributed by atoms with Crippen LogP contribution in [0.3, 0.4) is 0 Å². The first-order valence-corrected chi connectivity index (χ1v) is 9.41. The number of alkyl halides is 1. The van der Waals surface area contributed by atoms with Crippen LogP contribution in [0.4, 0.5) is 4.39 Å². The third-order valence-corrected chi connectivity index (χ3v) is 5.62. The molecule has 3 atom stereocenters. The lowest BCUT2D eigenvalue weighted by Gasteiger charge is -2.18. The quantitative estimate of drug-likeness (QED) is 0.564. The van der Waals surface area contributed by atoms with Crippen LogP contribution in [-0.4, -0.2) is 46.9 Å². The summed E-state index contributed by atoms with van der Waals surface area (Å²) in [5.74, 6) is -1.19. The fourth-order valence-electron chi connectivity index (χ4n) is 3.09. The van der Waals surface area contributed by atoms with Gasteiger partial charge in [0.1, 0.15) is 11.7 Å². The largest absolute Gasteiger partial charge is 0.464 e. The molecule has 2 aromatic rings. The molecule has 6 nitrogen and oxygen atoms in total. The number of carbonyl (C=O) groups excluding carboxylic acids is 2. The summed E-state index contributed by atoms with van der Waals surface area (Å²) in [4.78, 5) is 25.4. The molecule has 1 aliphatic rings. The van der Waals surface area contributed by atoms with Gasteiger partial charge in [-0.2, -0.15) is 5.10 Å². The predicted molar refractivity (Wildman–Crippen MR) is 99.2 cm³/mol. The number of ether oxygens (including phenoxy) is 1. The van der Waals surface area contributed by atoms with Gasteiger partial charge in [-0.15, -0.1) is 0 Å². The smallest absolute Gasteiger partial charge is 0.338 e. The maximum Gasteiger partial charge on any atom is 0.338 e. The number of ketones is 1. The molecule has 140 valence electrons. The highest BCUT2D eigenvalue weighted by atomic mass is 79.9. The molecular weight excluding hydrogens is 429 g/mol. The number of aryl methyl sites for hydroxylation is 1. The number of nitrogens with zero attached hydrogens (tertiary/aromatic N) is 2. The number of nitrogens with one attached hydrogen (secondary N) is 1. The van der Waals surface area contributed by atoms with Crippen LogP contribution in [0.15, 0.2) is 16.7 Å². The second kappa shape index (κ2) is 7.62. The molecule has 1 aliphatic heterocycles. The molecule has 1 aromatic carbocycles. The van der Waals surface area contributed by atoms with Gasteiger partial charge in [-0.05, 0) is 41.4 Å². The summed E-state index contributed by atoms with van der Waals surface area (Å²) in [6.45, 7) is 3.74. The standard InChI is InChI=1S/C17H18BrClFN3O3/c1-3-26-17(25)15(16(24)12-5-9(20)6-21-12)23-7-10-8(2)4-11(18)13(19)14(10)22-23/h4,7,9,12,15,21H,3,5-6H2,1-2H3/t9-,12+,15?/m1/s1. The first-order valence-electron chi connectivity index (χ1n) is 8.24. The van der Waals surface area contributed by atoms with Gasteiger partial charge in [-0.3, -0.25) is 4.79 Å². The summed E-state index contributed by atoms with van der Waals surface area (Å²) >= 11 is 9.66. The predicted octanol–water partition coefficient (Wildman–Crippen LogP) is 3.13. The van der Waals surface area contributed by atoms with E-state index in [1.165, 1.54) is 4.68 Å². The van der Waals surface area contributed by atoms with Gasteiger partial charge in [0.15, 0.2) is 5.78 Å². The van der Waals surface area contributed by atoms with E-state index in [0.29, 0.717) is 15.0 Å². The zero-order valence-corrected chi connectivity index (χ0v) is 16.6. The number of benzene rings is 1. The number of Topliss-reactive ketones (excluding diaryl/α,β-unsaturated/α-hetero) is 1. The fraction of sp³-hybridized carbons (Fsp3) is 0.471. The van der Waals surface area contributed by atoms with E-state index in [-0.39, 0.29) is 19.6 Å². The van der Waals surface area contributed by atoms with Crippen LogP contribution in [0, 0.1) is 6.92 Å². The Labute approximate surface area is 163 Å². The Morgan fingerprint density at radius 2 is 2.31 bits per heavy atom. The van der Waals surface area contributed by atoms with Crippen LogP contribution in [0.2, 0.25) is 5.02 Å². The number of hydrogen-bond donors (Lipinski definition) is 1. The first-order chi connectivity index (χ1) is 12.3. The van der Waals surface area contributed by atoms with Crippen molar-refractivity contribution < 1.29 is 18.7 Å². The molecule has 1 N–H and O–H groups in total. The molecule has 0 spiro atoms. The average molecular weight is 447 g/mol. The van der Waals surface area contributed by atoms with Crippen molar-refractivity contribution >= 4 is 50.2 Å². The number of halogens is 3. The zero-order valence-electron chi connectivity index (χ0n) is 14.3. The van der Waals surface area contributed by atoms with Gasteiger partial charge in [-0.1, -0.05) is 11.6 Å². The van der Waals surface area contributed by atoms with Crippen LogP contribution < -0.4 is 5.32 Å². The highest BCUT2D eigenvalue weighted by Crippen LogP contribution is 2.33. The van der Waals surface area contributed by atoms with E-state index in [0.717, 1.165) is 10.9 Å². The van der Waals surface area contributed by atoms with E-state index in [2.05, 4.69) is 26.3 Å². The molecule has 1 aromatic heterocycles. The third kappa shape index (κ3) is 3.50. The van der Waals surface area contributed by atoms with Gasteiger partial charge in [0.2, 0.25) is 6.04 Å². The van der Waals surface area contributed by atoms with Gasteiger partial charge in [0.05, 0.1) is 17.7 Å². The summed E-state index contributed by atoms with van der Waals surface area (Å²) in [5, 5.41) is 8.29. The Hall–Kier alpha value is -1.51. The molecule has 1 saturated heterocycles. The van der Waals surface area contributed by atoms with E-state index in [1.54, 1.807) is 13.1 Å². The number of fused-ring (bicyclic) bond motifs is 1. The van der Waals surface area contributed by atoms with Crippen molar-refractivity contribution in [3.8, 4) is 0 Å². The van der Waals surface area contributed by atoms with E-state index in [4.69, 9.17) is 16.3 Å². The van der Waals surface area contributed by atoms with Crippen molar-refractivity contribution in [1.82, 2.24) is 15.1 Å². The van der Waals surface area contributed by atoms with Crippen molar-refractivity contribution in [2.45, 2.75) is 38.5 Å². The van der Waals surface area contributed by atoms with Crippen molar-refractivity contribution in [2.75, 3.05) is 13.2 Å². The maximum atomic E-state index is 13.5. The number of aromatic nitrogens is 2. The molecule has 0 bridgehead atoms. The van der Waals surface area contributed by atoms with Gasteiger partial charge in [-0.25, -0.2) is 13.9 Å². The Kier molecular flexibility index (Phi) is 5.64. The monoisotopic (exact) mass is 445 g/mol. The highest BCUT2D eigenvalue weighted by molar-refractivity contribution is 9.10. The molecule has 2 heterocycles. The summed E-state index contributed by atoms with van der Waals surface area (Å²) in [5.41, 5.74) is 1.36.